The average molecular weight is 548 g/mol. The van der Waals surface area contributed by atoms with Crippen molar-refractivity contribution in [2.75, 3.05) is 44.7 Å². The number of aliphatic imine (C=N–C) groups is 1. The minimum Gasteiger partial charge on any atom is -0.459 e. The molecule has 0 bridgehead atoms. The quantitative estimate of drug-likeness (QED) is 0.278. The number of aromatic nitrogens is 1. The third kappa shape index (κ3) is 5.92. The van der Waals surface area contributed by atoms with Crippen LogP contribution in [0.15, 0.2) is 52.0 Å². The Hall–Kier alpha value is -2.33. The highest BCUT2D eigenvalue weighted by Crippen LogP contribution is 2.24. The highest BCUT2D eigenvalue weighted by Gasteiger charge is 2.15. The lowest BCUT2D eigenvalue weighted by Gasteiger charge is -2.33. The Labute approximate surface area is 207 Å². The number of benzene rings is 1. The molecule has 3 heterocycles. The first-order chi connectivity index (χ1) is 15.1. The van der Waals surface area contributed by atoms with Gasteiger partial charge in [0.2, 0.25) is 0 Å². The van der Waals surface area contributed by atoms with Crippen molar-refractivity contribution < 1.29 is 4.42 Å². The fourth-order valence-corrected chi connectivity index (χ4v) is 3.80. The largest absolute Gasteiger partial charge is 0.459 e. The topological polar surface area (TPSA) is 68.9 Å². The van der Waals surface area contributed by atoms with Crippen LogP contribution in [0.25, 0.3) is 11.0 Å². The molecule has 1 aliphatic rings. The van der Waals surface area contributed by atoms with E-state index in [0.717, 1.165) is 66.8 Å². The zero-order chi connectivity index (χ0) is 21.6. The van der Waals surface area contributed by atoms with E-state index < -0.39 is 0 Å². The van der Waals surface area contributed by atoms with E-state index in [1.165, 1.54) is 5.56 Å². The molecule has 0 saturated carbocycles. The van der Waals surface area contributed by atoms with Crippen molar-refractivity contribution >= 4 is 46.7 Å². The van der Waals surface area contributed by atoms with Crippen LogP contribution in [0.2, 0.25) is 0 Å². The Morgan fingerprint density at radius 1 is 1.09 bits per heavy atom. The summed E-state index contributed by atoms with van der Waals surface area (Å²) in [6.07, 6.45) is 1.93. The summed E-state index contributed by atoms with van der Waals surface area (Å²) in [4.78, 5) is 14.1. The standard InChI is InChI=1S/C24H32N6O.HI/c1-4-25-24(28-17-22-18(2)20-7-5-6-8-21(20)31-22)27-16-19-9-10-23(26-15-19)30-13-11-29(3)12-14-30;/h5-10,15H,4,11-14,16-17H2,1-3H3,(H2,25,27,28);1H. The molecule has 1 aromatic carbocycles. The summed E-state index contributed by atoms with van der Waals surface area (Å²) in [7, 11) is 2.16. The number of hydrogen-bond acceptors (Lipinski definition) is 5. The van der Waals surface area contributed by atoms with Crippen LogP contribution in [-0.4, -0.2) is 55.6 Å². The number of furan rings is 1. The summed E-state index contributed by atoms with van der Waals surface area (Å²) in [6, 6.07) is 12.4. The number of piperazine rings is 1. The predicted octanol–water partition coefficient (Wildman–Crippen LogP) is 3.76. The summed E-state index contributed by atoms with van der Waals surface area (Å²) < 4.78 is 6.00. The second-order valence-corrected chi connectivity index (χ2v) is 8.01. The van der Waals surface area contributed by atoms with Gasteiger partial charge < -0.3 is 24.9 Å². The number of halogens is 1. The third-order valence-electron chi connectivity index (χ3n) is 5.76. The molecule has 1 saturated heterocycles. The second kappa shape index (κ2) is 11.5. The van der Waals surface area contributed by atoms with Crippen LogP contribution in [0.1, 0.15) is 23.8 Å². The van der Waals surface area contributed by atoms with Gasteiger partial charge in [-0.05, 0) is 38.6 Å². The minimum atomic E-state index is 0. The molecule has 32 heavy (non-hydrogen) atoms. The van der Waals surface area contributed by atoms with Gasteiger partial charge in [-0.3, -0.25) is 0 Å². The van der Waals surface area contributed by atoms with Crippen molar-refractivity contribution in [3.8, 4) is 0 Å². The number of nitrogens with zero attached hydrogens (tertiary/aromatic N) is 4. The summed E-state index contributed by atoms with van der Waals surface area (Å²) in [5, 5.41) is 7.86. The summed E-state index contributed by atoms with van der Waals surface area (Å²) in [5.41, 5.74) is 3.18. The fourth-order valence-electron chi connectivity index (χ4n) is 3.80. The molecule has 0 aliphatic carbocycles. The lowest BCUT2D eigenvalue weighted by atomic mass is 10.1. The van der Waals surface area contributed by atoms with E-state index in [9.17, 15) is 0 Å². The number of pyridine rings is 1. The Bertz CT molecular complexity index is 1020. The van der Waals surface area contributed by atoms with E-state index in [1.54, 1.807) is 0 Å². The molecule has 3 aromatic rings. The molecule has 4 rings (SSSR count). The van der Waals surface area contributed by atoms with Crippen molar-refractivity contribution in [1.82, 2.24) is 20.5 Å². The molecule has 172 valence electrons. The second-order valence-electron chi connectivity index (χ2n) is 8.01. The van der Waals surface area contributed by atoms with E-state index in [1.807, 2.05) is 24.4 Å². The first kappa shape index (κ1) is 24.3. The molecule has 1 aliphatic heterocycles. The number of rotatable bonds is 6. The zero-order valence-corrected chi connectivity index (χ0v) is 21.4. The van der Waals surface area contributed by atoms with Gasteiger partial charge in [-0.2, -0.15) is 0 Å². The summed E-state index contributed by atoms with van der Waals surface area (Å²) >= 11 is 0. The van der Waals surface area contributed by atoms with Crippen LogP contribution < -0.4 is 15.5 Å². The number of nitrogens with one attached hydrogen (secondary N) is 2. The summed E-state index contributed by atoms with van der Waals surface area (Å²) in [6.45, 7) is 10.3. The van der Waals surface area contributed by atoms with Crippen LogP contribution in [0.4, 0.5) is 5.82 Å². The third-order valence-corrected chi connectivity index (χ3v) is 5.76. The van der Waals surface area contributed by atoms with Gasteiger partial charge in [0.15, 0.2) is 5.96 Å². The normalized spacial score (nSPS) is 15.0. The Balaban J connectivity index is 0.00000289. The highest BCUT2D eigenvalue weighted by atomic mass is 127. The van der Waals surface area contributed by atoms with Gasteiger partial charge in [-0.25, -0.2) is 9.98 Å². The van der Waals surface area contributed by atoms with Crippen LogP contribution in [-0.2, 0) is 13.1 Å². The van der Waals surface area contributed by atoms with Crippen molar-refractivity contribution in [2.24, 2.45) is 4.99 Å². The number of aryl methyl sites for hydroxylation is 1. The maximum absolute atomic E-state index is 6.00. The molecule has 8 heteroatoms. The number of fused-ring (bicyclic) bond motifs is 1. The van der Waals surface area contributed by atoms with E-state index in [0.29, 0.717) is 13.1 Å². The predicted molar refractivity (Wildman–Crippen MR) is 142 cm³/mol. The van der Waals surface area contributed by atoms with E-state index in [4.69, 9.17) is 9.41 Å². The molecule has 0 atom stereocenters. The van der Waals surface area contributed by atoms with Crippen LogP contribution >= 0.6 is 24.0 Å². The Morgan fingerprint density at radius 3 is 2.56 bits per heavy atom. The lowest BCUT2D eigenvalue weighted by molar-refractivity contribution is 0.312. The SMILES string of the molecule is CCNC(=NCc1ccc(N2CCN(C)CC2)nc1)NCc1oc2ccccc2c1C.I. The molecule has 0 amide bonds. The van der Waals surface area contributed by atoms with Crippen molar-refractivity contribution in [1.29, 1.82) is 0 Å². The number of likely N-dealkylation sites (N-methyl/N-ethyl adjacent to an activating group) is 1. The Morgan fingerprint density at radius 2 is 1.88 bits per heavy atom. The van der Waals surface area contributed by atoms with Crippen molar-refractivity contribution in [3.05, 3.63) is 59.5 Å². The van der Waals surface area contributed by atoms with Crippen molar-refractivity contribution in [2.45, 2.75) is 26.9 Å². The van der Waals surface area contributed by atoms with Crippen LogP contribution in [0.5, 0.6) is 0 Å². The number of para-hydroxylation sites is 1. The van der Waals surface area contributed by atoms with E-state index in [2.05, 4.69) is 64.5 Å². The van der Waals surface area contributed by atoms with Crippen molar-refractivity contribution in [3.63, 3.8) is 0 Å². The average Bonchev–Trinajstić information content (AvgIpc) is 3.12. The zero-order valence-electron chi connectivity index (χ0n) is 19.1. The van der Waals surface area contributed by atoms with Gasteiger partial charge in [-0.15, -0.1) is 24.0 Å². The van der Waals surface area contributed by atoms with Gasteiger partial charge in [0.1, 0.15) is 17.2 Å². The first-order valence-corrected chi connectivity index (χ1v) is 11.0. The molecule has 7 nitrogen and oxygen atoms in total. The number of guanidine groups is 1. The maximum Gasteiger partial charge on any atom is 0.191 e. The molecule has 1 fully saturated rings. The van der Waals surface area contributed by atoms with Gasteiger partial charge in [0.25, 0.3) is 0 Å². The van der Waals surface area contributed by atoms with E-state index in [-0.39, 0.29) is 24.0 Å². The lowest BCUT2D eigenvalue weighted by Crippen LogP contribution is -2.44. The van der Waals surface area contributed by atoms with Gasteiger partial charge in [0.05, 0.1) is 13.1 Å². The Kier molecular flexibility index (Phi) is 8.75. The highest BCUT2D eigenvalue weighted by molar-refractivity contribution is 14.0. The maximum atomic E-state index is 6.00. The molecule has 0 spiro atoms. The molecular formula is C24H33IN6O. The molecule has 0 unspecified atom stereocenters. The summed E-state index contributed by atoms with van der Waals surface area (Å²) in [5.74, 6) is 2.75. The van der Waals surface area contributed by atoms with Crippen LogP contribution in [0.3, 0.4) is 0 Å². The van der Waals surface area contributed by atoms with Crippen LogP contribution in [0, 0.1) is 6.92 Å². The molecule has 2 N–H and O–H groups in total. The van der Waals surface area contributed by atoms with Gasteiger partial charge >= 0.3 is 0 Å². The molecular weight excluding hydrogens is 515 g/mol. The molecule has 2 aromatic heterocycles. The van der Waals surface area contributed by atoms with E-state index >= 15 is 0 Å². The van der Waals surface area contributed by atoms with Gasteiger partial charge in [0, 0.05) is 49.9 Å². The van der Waals surface area contributed by atoms with Gasteiger partial charge in [-0.1, -0.05) is 24.3 Å². The fraction of sp³-hybridized carbons (Fsp3) is 0.417. The monoisotopic (exact) mass is 548 g/mol. The minimum absolute atomic E-state index is 0. The number of hydrogen-bond donors (Lipinski definition) is 2. The first-order valence-electron chi connectivity index (χ1n) is 11.0. The number of anilines is 1. The smallest absolute Gasteiger partial charge is 0.191 e. The molecule has 0 radical (unpaired) electrons.